The van der Waals surface area contributed by atoms with E-state index in [1.165, 1.54) is 59.4 Å². The van der Waals surface area contributed by atoms with Crippen molar-refractivity contribution in [1.82, 2.24) is 4.72 Å². The van der Waals surface area contributed by atoms with Crippen LogP contribution >= 0.6 is 0 Å². The summed E-state index contributed by atoms with van der Waals surface area (Å²) in [5, 5.41) is 2.68. The maximum atomic E-state index is 12.7. The van der Waals surface area contributed by atoms with Gasteiger partial charge in [-0.15, -0.1) is 0 Å². The molecule has 0 fully saturated rings. The van der Waals surface area contributed by atoms with Crippen LogP contribution in [-0.4, -0.2) is 41.2 Å². The SMILES string of the molecule is COc1ccc(S(=O)(=O)NC(C)(C)C(=O)Nc2ccc(OC)c(OC)c2)cc1. The van der Waals surface area contributed by atoms with Gasteiger partial charge in [0, 0.05) is 11.8 Å². The van der Waals surface area contributed by atoms with Crippen molar-refractivity contribution in [2.75, 3.05) is 26.6 Å². The summed E-state index contributed by atoms with van der Waals surface area (Å²) >= 11 is 0. The van der Waals surface area contributed by atoms with Crippen LogP contribution in [0.1, 0.15) is 13.8 Å². The third-order valence-electron chi connectivity index (χ3n) is 3.97. The van der Waals surface area contributed by atoms with Crippen molar-refractivity contribution < 1.29 is 27.4 Å². The van der Waals surface area contributed by atoms with Gasteiger partial charge in [0.25, 0.3) is 0 Å². The Morgan fingerprint density at radius 2 is 1.50 bits per heavy atom. The maximum Gasteiger partial charge on any atom is 0.245 e. The quantitative estimate of drug-likeness (QED) is 0.695. The third-order valence-corrected chi connectivity index (χ3v) is 5.64. The van der Waals surface area contributed by atoms with Crippen molar-refractivity contribution >= 4 is 21.6 Å². The smallest absolute Gasteiger partial charge is 0.245 e. The van der Waals surface area contributed by atoms with E-state index < -0.39 is 21.5 Å². The predicted molar refractivity (Wildman–Crippen MR) is 106 cm³/mol. The summed E-state index contributed by atoms with van der Waals surface area (Å²) in [6.45, 7) is 2.95. The lowest BCUT2D eigenvalue weighted by molar-refractivity contribution is -0.120. The second-order valence-corrected chi connectivity index (χ2v) is 8.11. The van der Waals surface area contributed by atoms with E-state index >= 15 is 0 Å². The van der Waals surface area contributed by atoms with Crippen molar-refractivity contribution in [3.05, 3.63) is 42.5 Å². The van der Waals surface area contributed by atoms with Gasteiger partial charge in [-0.3, -0.25) is 4.79 Å². The zero-order valence-corrected chi connectivity index (χ0v) is 17.2. The first-order valence-electron chi connectivity index (χ1n) is 8.34. The summed E-state index contributed by atoms with van der Waals surface area (Å²) in [5.41, 5.74) is -0.967. The Kier molecular flexibility index (Phi) is 6.52. The summed E-state index contributed by atoms with van der Waals surface area (Å²) in [7, 11) is 0.564. The second-order valence-electron chi connectivity index (χ2n) is 6.43. The van der Waals surface area contributed by atoms with Gasteiger partial charge in [-0.25, -0.2) is 8.42 Å². The maximum absolute atomic E-state index is 12.7. The highest BCUT2D eigenvalue weighted by atomic mass is 32.2. The number of hydrogen-bond donors (Lipinski definition) is 2. The average Bonchev–Trinajstić information content (AvgIpc) is 2.67. The van der Waals surface area contributed by atoms with E-state index in [0.29, 0.717) is 22.9 Å². The van der Waals surface area contributed by atoms with Gasteiger partial charge in [0.2, 0.25) is 15.9 Å². The second kappa shape index (κ2) is 8.49. The van der Waals surface area contributed by atoms with Crippen LogP contribution in [0.2, 0.25) is 0 Å². The molecule has 0 spiro atoms. The van der Waals surface area contributed by atoms with Crippen LogP contribution in [0.25, 0.3) is 0 Å². The average molecular weight is 408 g/mol. The predicted octanol–water partition coefficient (Wildman–Crippen LogP) is 2.41. The molecule has 8 nitrogen and oxygen atoms in total. The van der Waals surface area contributed by atoms with Crippen LogP contribution in [0.5, 0.6) is 17.2 Å². The topological polar surface area (TPSA) is 103 Å². The lowest BCUT2D eigenvalue weighted by atomic mass is 10.1. The Labute approximate surface area is 164 Å². The van der Waals surface area contributed by atoms with E-state index in [2.05, 4.69) is 10.0 Å². The summed E-state index contributed by atoms with van der Waals surface area (Å²) in [4.78, 5) is 12.7. The zero-order valence-electron chi connectivity index (χ0n) is 16.4. The lowest BCUT2D eigenvalue weighted by Crippen LogP contribution is -2.52. The van der Waals surface area contributed by atoms with Crippen molar-refractivity contribution in [2.24, 2.45) is 0 Å². The molecule has 0 heterocycles. The third kappa shape index (κ3) is 4.93. The first-order chi connectivity index (χ1) is 13.1. The van der Waals surface area contributed by atoms with Crippen LogP contribution in [0, 0.1) is 0 Å². The molecular weight excluding hydrogens is 384 g/mol. The molecule has 0 atom stereocenters. The molecule has 0 saturated carbocycles. The molecule has 28 heavy (non-hydrogen) atoms. The molecule has 1 amide bonds. The molecule has 0 saturated heterocycles. The van der Waals surface area contributed by atoms with Gasteiger partial charge in [0.1, 0.15) is 11.3 Å². The van der Waals surface area contributed by atoms with Gasteiger partial charge in [-0.1, -0.05) is 0 Å². The van der Waals surface area contributed by atoms with Gasteiger partial charge >= 0.3 is 0 Å². The van der Waals surface area contributed by atoms with Gasteiger partial charge in [0.15, 0.2) is 11.5 Å². The Hall–Kier alpha value is -2.78. The zero-order chi connectivity index (χ0) is 20.9. The number of amides is 1. The van der Waals surface area contributed by atoms with E-state index in [1.807, 2.05) is 0 Å². The normalized spacial score (nSPS) is 11.6. The molecule has 0 aliphatic heterocycles. The number of carbonyl (C=O) groups excluding carboxylic acids is 1. The standard InChI is InChI=1S/C19H24N2O6S/c1-19(2,21-28(23,24)15-9-7-14(25-3)8-10-15)18(22)20-13-6-11-16(26-4)17(12-13)27-5/h6-12,21H,1-5H3,(H,20,22). The first kappa shape index (κ1) is 21.5. The van der Waals surface area contributed by atoms with Gasteiger partial charge in [0.05, 0.1) is 26.2 Å². The Balaban J connectivity index is 2.17. The molecule has 0 aliphatic rings. The number of hydrogen-bond acceptors (Lipinski definition) is 6. The molecule has 0 radical (unpaired) electrons. The highest BCUT2D eigenvalue weighted by molar-refractivity contribution is 7.89. The van der Waals surface area contributed by atoms with E-state index in [9.17, 15) is 13.2 Å². The summed E-state index contributed by atoms with van der Waals surface area (Å²) in [5.74, 6) is 0.957. The van der Waals surface area contributed by atoms with E-state index in [-0.39, 0.29) is 4.90 Å². The van der Waals surface area contributed by atoms with Crippen LogP contribution < -0.4 is 24.2 Å². The molecule has 152 valence electrons. The minimum absolute atomic E-state index is 0.0280. The summed E-state index contributed by atoms with van der Waals surface area (Å²) in [6, 6.07) is 10.7. The molecule has 0 unspecified atom stereocenters. The Morgan fingerprint density at radius 1 is 0.893 bits per heavy atom. The van der Waals surface area contributed by atoms with Gasteiger partial charge in [-0.2, -0.15) is 4.72 Å². The van der Waals surface area contributed by atoms with Crippen LogP contribution in [0.3, 0.4) is 0 Å². The largest absolute Gasteiger partial charge is 0.497 e. The minimum atomic E-state index is -3.91. The molecule has 0 aliphatic carbocycles. The van der Waals surface area contributed by atoms with Gasteiger partial charge < -0.3 is 19.5 Å². The fraction of sp³-hybridized carbons (Fsp3) is 0.316. The molecule has 0 aromatic heterocycles. The fourth-order valence-corrected chi connectivity index (χ4v) is 3.77. The monoisotopic (exact) mass is 408 g/mol. The number of benzene rings is 2. The van der Waals surface area contributed by atoms with Crippen molar-refractivity contribution in [3.63, 3.8) is 0 Å². The number of carbonyl (C=O) groups is 1. The van der Waals surface area contributed by atoms with Crippen molar-refractivity contribution in [1.29, 1.82) is 0 Å². The van der Waals surface area contributed by atoms with Crippen molar-refractivity contribution in [3.8, 4) is 17.2 Å². The van der Waals surface area contributed by atoms with Crippen LogP contribution in [0.15, 0.2) is 47.4 Å². The molecule has 2 aromatic rings. The highest BCUT2D eigenvalue weighted by Crippen LogP contribution is 2.30. The Bertz CT molecular complexity index is 939. The number of anilines is 1. The summed E-state index contributed by atoms with van der Waals surface area (Å²) in [6.07, 6.45) is 0. The molecule has 2 N–H and O–H groups in total. The number of sulfonamides is 1. The minimum Gasteiger partial charge on any atom is -0.497 e. The number of nitrogens with one attached hydrogen (secondary N) is 2. The van der Waals surface area contributed by atoms with Gasteiger partial charge in [-0.05, 0) is 50.2 Å². The lowest BCUT2D eigenvalue weighted by Gasteiger charge is -2.25. The molecular formula is C19H24N2O6S. The Morgan fingerprint density at radius 3 is 2.04 bits per heavy atom. The van der Waals surface area contributed by atoms with E-state index in [1.54, 1.807) is 18.2 Å². The highest BCUT2D eigenvalue weighted by Gasteiger charge is 2.33. The molecule has 2 rings (SSSR count). The fourth-order valence-electron chi connectivity index (χ4n) is 2.40. The first-order valence-corrected chi connectivity index (χ1v) is 9.83. The number of rotatable bonds is 8. The molecule has 2 aromatic carbocycles. The summed E-state index contributed by atoms with van der Waals surface area (Å²) < 4.78 is 43.0. The molecule has 0 bridgehead atoms. The van der Waals surface area contributed by atoms with Crippen LogP contribution in [0.4, 0.5) is 5.69 Å². The van der Waals surface area contributed by atoms with Crippen LogP contribution in [-0.2, 0) is 14.8 Å². The number of ether oxygens (including phenoxy) is 3. The van der Waals surface area contributed by atoms with Crippen molar-refractivity contribution in [2.45, 2.75) is 24.3 Å². The van der Waals surface area contributed by atoms with E-state index in [0.717, 1.165) is 0 Å². The van der Waals surface area contributed by atoms with E-state index in [4.69, 9.17) is 14.2 Å². The molecule has 9 heteroatoms. The number of methoxy groups -OCH3 is 3.